The molecule has 0 aliphatic carbocycles. The number of fused-ring (bicyclic) bond motifs is 4. The van der Waals surface area contributed by atoms with Crippen molar-refractivity contribution in [3.8, 4) is 67.5 Å². The van der Waals surface area contributed by atoms with Crippen molar-refractivity contribution in [2.24, 2.45) is 0 Å². The predicted molar refractivity (Wildman–Crippen MR) is 225 cm³/mol. The Hall–Kier alpha value is -7.23. The summed E-state index contributed by atoms with van der Waals surface area (Å²) in [7, 11) is 0. The van der Waals surface area contributed by atoms with Crippen molar-refractivity contribution in [3.05, 3.63) is 200 Å². The molecule has 0 amide bonds. The van der Waals surface area contributed by atoms with E-state index in [1.165, 1.54) is 49.0 Å². The first-order valence-electron chi connectivity index (χ1n) is 18.3. The van der Waals surface area contributed by atoms with E-state index < -0.39 is 0 Å². The summed E-state index contributed by atoms with van der Waals surface area (Å²) in [6.45, 7) is 0. The third-order valence-electron chi connectivity index (χ3n) is 10.3. The Labute approximate surface area is 313 Å². The Bertz CT molecular complexity index is 2960. The molecule has 54 heavy (non-hydrogen) atoms. The second-order valence-corrected chi connectivity index (χ2v) is 13.5. The van der Waals surface area contributed by atoms with Gasteiger partial charge < -0.3 is 0 Å². The molecule has 3 heteroatoms. The Morgan fingerprint density at radius 1 is 0.241 bits per heavy atom. The summed E-state index contributed by atoms with van der Waals surface area (Å²) in [5.41, 5.74) is 9.87. The van der Waals surface area contributed by atoms with Crippen molar-refractivity contribution in [1.82, 2.24) is 15.0 Å². The van der Waals surface area contributed by atoms with Gasteiger partial charge in [-0.1, -0.05) is 200 Å². The van der Waals surface area contributed by atoms with E-state index >= 15 is 0 Å². The molecular formula is C51H33N3. The molecule has 0 aliphatic heterocycles. The van der Waals surface area contributed by atoms with Crippen LogP contribution in [0.2, 0.25) is 0 Å². The van der Waals surface area contributed by atoms with Gasteiger partial charge >= 0.3 is 0 Å². The highest BCUT2D eigenvalue weighted by atomic mass is 15.0. The van der Waals surface area contributed by atoms with E-state index in [1.807, 2.05) is 42.5 Å². The normalized spacial score (nSPS) is 11.3. The zero-order valence-electron chi connectivity index (χ0n) is 29.4. The SMILES string of the molecule is c1ccc(-c2nc(-c3ccc(-c4c5ccccc5c(-c5ccccc5)c5c4ccc4ccccc45)cc3)nc(-c3ccccc3-c3ccccc3)n2)cc1. The van der Waals surface area contributed by atoms with Crippen LogP contribution in [0.25, 0.3) is 99.9 Å². The van der Waals surface area contributed by atoms with E-state index in [0.717, 1.165) is 33.4 Å². The average molecular weight is 688 g/mol. The lowest BCUT2D eigenvalue weighted by atomic mass is 9.84. The van der Waals surface area contributed by atoms with Crippen LogP contribution < -0.4 is 0 Å². The fourth-order valence-corrected chi connectivity index (χ4v) is 7.84. The van der Waals surface area contributed by atoms with Crippen LogP contribution in [0.5, 0.6) is 0 Å². The average Bonchev–Trinajstić information content (AvgIpc) is 3.26. The summed E-state index contributed by atoms with van der Waals surface area (Å²) in [4.78, 5) is 15.3. The standard InChI is InChI=1S/C51H33N3/c1-4-16-34(17-5-1)40-23-12-15-27-44(40)51-53-49(38-21-8-3-9-22-38)52-50(54-51)39-30-28-37(29-31-39)46-42-25-13-14-26-43(42)47(36-19-6-2-7-20-36)48-41-24-11-10-18-35(41)32-33-45(46)48/h1-33H. The van der Waals surface area contributed by atoms with Crippen molar-refractivity contribution < 1.29 is 0 Å². The smallest absolute Gasteiger partial charge is 0.164 e. The first-order valence-corrected chi connectivity index (χ1v) is 18.3. The molecule has 9 aromatic carbocycles. The molecule has 10 aromatic rings. The van der Waals surface area contributed by atoms with Crippen molar-refractivity contribution >= 4 is 32.3 Å². The maximum Gasteiger partial charge on any atom is 0.164 e. The molecule has 10 rings (SSSR count). The molecule has 0 aliphatic rings. The van der Waals surface area contributed by atoms with Crippen LogP contribution in [0.4, 0.5) is 0 Å². The number of hydrogen-bond donors (Lipinski definition) is 0. The number of benzene rings is 9. The van der Waals surface area contributed by atoms with Gasteiger partial charge in [-0.2, -0.15) is 0 Å². The number of hydrogen-bond acceptors (Lipinski definition) is 3. The van der Waals surface area contributed by atoms with Gasteiger partial charge in [-0.15, -0.1) is 0 Å². The van der Waals surface area contributed by atoms with Crippen LogP contribution in [0, 0.1) is 0 Å². The molecule has 1 aromatic heterocycles. The molecule has 0 spiro atoms. The molecular weight excluding hydrogens is 655 g/mol. The van der Waals surface area contributed by atoms with Gasteiger partial charge in [0.05, 0.1) is 0 Å². The van der Waals surface area contributed by atoms with Crippen LogP contribution in [-0.2, 0) is 0 Å². The predicted octanol–water partition coefficient (Wildman–Crippen LogP) is 13.3. The minimum absolute atomic E-state index is 0.633. The van der Waals surface area contributed by atoms with Crippen molar-refractivity contribution in [2.45, 2.75) is 0 Å². The van der Waals surface area contributed by atoms with Crippen molar-refractivity contribution in [3.63, 3.8) is 0 Å². The summed E-state index contributed by atoms with van der Waals surface area (Å²) < 4.78 is 0. The summed E-state index contributed by atoms with van der Waals surface area (Å²) in [5, 5.41) is 7.43. The summed E-state index contributed by atoms with van der Waals surface area (Å²) >= 11 is 0. The zero-order chi connectivity index (χ0) is 35.8. The minimum Gasteiger partial charge on any atom is -0.208 e. The van der Waals surface area contributed by atoms with Gasteiger partial charge in [-0.05, 0) is 65.7 Å². The molecule has 0 atom stereocenters. The number of rotatable bonds is 6. The molecule has 252 valence electrons. The fourth-order valence-electron chi connectivity index (χ4n) is 7.84. The Morgan fingerprint density at radius 2 is 0.685 bits per heavy atom. The van der Waals surface area contributed by atoms with Crippen molar-refractivity contribution in [1.29, 1.82) is 0 Å². The second kappa shape index (κ2) is 13.4. The Morgan fingerprint density at radius 3 is 1.35 bits per heavy atom. The summed E-state index contributed by atoms with van der Waals surface area (Å²) in [6, 6.07) is 70.5. The van der Waals surface area contributed by atoms with E-state index in [4.69, 9.17) is 15.0 Å². The number of aromatic nitrogens is 3. The lowest BCUT2D eigenvalue weighted by Crippen LogP contribution is -2.01. The van der Waals surface area contributed by atoms with E-state index in [2.05, 4.69) is 158 Å². The Kier molecular flexibility index (Phi) is 7.81. The monoisotopic (exact) mass is 687 g/mol. The third kappa shape index (κ3) is 5.51. The zero-order valence-corrected chi connectivity index (χ0v) is 29.4. The van der Waals surface area contributed by atoms with E-state index in [9.17, 15) is 0 Å². The highest BCUT2D eigenvalue weighted by Crippen LogP contribution is 2.46. The molecule has 0 saturated heterocycles. The number of nitrogens with zero attached hydrogens (tertiary/aromatic N) is 3. The van der Waals surface area contributed by atoms with Crippen LogP contribution in [0.3, 0.4) is 0 Å². The maximum absolute atomic E-state index is 5.14. The minimum atomic E-state index is 0.633. The molecule has 0 bridgehead atoms. The lowest BCUT2D eigenvalue weighted by molar-refractivity contribution is 1.07. The highest BCUT2D eigenvalue weighted by Gasteiger charge is 2.20. The molecule has 0 fully saturated rings. The van der Waals surface area contributed by atoms with Crippen LogP contribution in [0.15, 0.2) is 200 Å². The quantitative estimate of drug-likeness (QED) is 0.129. The largest absolute Gasteiger partial charge is 0.208 e. The van der Waals surface area contributed by atoms with E-state index in [-0.39, 0.29) is 0 Å². The molecule has 3 nitrogen and oxygen atoms in total. The molecule has 0 saturated carbocycles. The molecule has 0 N–H and O–H groups in total. The molecule has 0 radical (unpaired) electrons. The van der Waals surface area contributed by atoms with Gasteiger partial charge in [0.2, 0.25) is 0 Å². The van der Waals surface area contributed by atoms with Crippen LogP contribution in [0.1, 0.15) is 0 Å². The first kappa shape index (κ1) is 31.5. The highest BCUT2D eigenvalue weighted by molar-refractivity contribution is 6.27. The summed E-state index contributed by atoms with van der Waals surface area (Å²) in [5.74, 6) is 1.92. The third-order valence-corrected chi connectivity index (χ3v) is 10.3. The van der Waals surface area contributed by atoms with Gasteiger partial charge in [-0.25, -0.2) is 15.0 Å². The van der Waals surface area contributed by atoms with Gasteiger partial charge in [0.15, 0.2) is 17.5 Å². The van der Waals surface area contributed by atoms with E-state index in [0.29, 0.717) is 17.5 Å². The maximum atomic E-state index is 5.14. The van der Waals surface area contributed by atoms with Crippen LogP contribution >= 0.6 is 0 Å². The Balaban J connectivity index is 1.17. The van der Waals surface area contributed by atoms with Crippen LogP contribution in [-0.4, -0.2) is 15.0 Å². The van der Waals surface area contributed by atoms with Crippen molar-refractivity contribution in [2.75, 3.05) is 0 Å². The topological polar surface area (TPSA) is 38.7 Å². The molecule has 0 unspecified atom stereocenters. The van der Waals surface area contributed by atoms with E-state index in [1.54, 1.807) is 0 Å². The lowest BCUT2D eigenvalue weighted by Gasteiger charge is -2.19. The molecule has 1 heterocycles. The van der Waals surface area contributed by atoms with Gasteiger partial charge in [-0.3, -0.25) is 0 Å². The first-order chi connectivity index (χ1) is 26.8. The second-order valence-electron chi connectivity index (χ2n) is 13.5. The van der Waals surface area contributed by atoms with Gasteiger partial charge in [0, 0.05) is 16.7 Å². The summed E-state index contributed by atoms with van der Waals surface area (Å²) in [6.07, 6.45) is 0. The van der Waals surface area contributed by atoms with Gasteiger partial charge in [0.1, 0.15) is 0 Å². The van der Waals surface area contributed by atoms with Gasteiger partial charge in [0.25, 0.3) is 0 Å². The fraction of sp³-hybridized carbons (Fsp3) is 0.